The Morgan fingerprint density at radius 3 is 2.84 bits per heavy atom. The average molecular weight is 280 g/mol. The molecule has 2 aromatic heterocycles. The SMILES string of the molecule is C[Si]1(C)c2cc(C#N)cnc2-c2c([O][AlH])ccnc21. The molecule has 0 atom stereocenters. The summed E-state index contributed by atoms with van der Waals surface area (Å²) < 4.78 is 5.47. The minimum Gasteiger partial charge on any atom is -0.650 e. The fourth-order valence-corrected chi connectivity index (χ4v) is 5.65. The number of rotatable bonds is 1. The Bertz CT molecular complexity index is 724. The lowest BCUT2D eigenvalue weighted by Gasteiger charge is -2.17. The minimum absolute atomic E-state index is 0.605. The zero-order chi connectivity index (χ0) is 13.6. The Morgan fingerprint density at radius 1 is 1.37 bits per heavy atom. The number of fused-ring (bicyclic) bond motifs is 3. The third-order valence-corrected chi connectivity index (χ3v) is 7.19. The van der Waals surface area contributed by atoms with E-state index in [9.17, 15) is 0 Å². The molecule has 19 heavy (non-hydrogen) atoms. The van der Waals surface area contributed by atoms with Crippen molar-refractivity contribution < 1.29 is 3.79 Å². The molecule has 1 radical (unpaired) electrons. The van der Waals surface area contributed by atoms with Crippen molar-refractivity contribution in [1.82, 2.24) is 9.97 Å². The fraction of sp³-hybridized carbons (Fsp3) is 0.154. The summed E-state index contributed by atoms with van der Waals surface area (Å²) in [5.74, 6) is 0.819. The maximum absolute atomic E-state index is 9.04. The summed E-state index contributed by atoms with van der Waals surface area (Å²) in [6.07, 6.45) is 3.40. The van der Waals surface area contributed by atoms with Gasteiger partial charge < -0.3 is 3.79 Å². The molecule has 0 N–H and O–H groups in total. The lowest BCUT2D eigenvalue weighted by molar-refractivity contribution is 0.618. The first-order valence-electron chi connectivity index (χ1n) is 5.92. The highest BCUT2D eigenvalue weighted by atomic mass is 28.3. The van der Waals surface area contributed by atoms with E-state index >= 15 is 0 Å². The van der Waals surface area contributed by atoms with Crippen molar-refractivity contribution in [2.75, 3.05) is 0 Å². The van der Waals surface area contributed by atoms with Gasteiger partial charge in [0.15, 0.2) is 0 Å². The van der Waals surface area contributed by atoms with Crippen LogP contribution in [-0.2, 0) is 0 Å². The third-order valence-electron chi connectivity index (χ3n) is 3.59. The van der Waals surface area contributed by atoms with Crippen LogP contribution in [0.3, 0.4) is 0 Å². The molecule has 0 fully saturated rings. The Balaban J connectivity index is 2.38. The fourth-order valence-electron chi connectivity index (χ4n) is 2.60. The lowest BCUT2D eigenvalue weighted by Crippen LogP contribution is -2.50. The molecule has 0 amide bonds. The summed E-state index contributed by atoms with van der Waals surface area (Å²) in [7, 11) is -1.88. The predicted octanol–water partition coefficient (Wildman–Crippen LogP) is 0.346. The number of hydrogen-bond donors (Lipinski definition) is 0. The van der Waals surface area contributed by atoms with Crippen molar-refractivity contribution in [2.24, 2.45) is 0 Å². The molecule has 0 spiro atoms. The van der Waals surface area contributed by atoms with E-state index in [0.717, 1.165) is 22.3 Å². The summed E-state index contributed by atoms with van der Waals surface area (Å²) in [4.78, 5) is 9.02. The molecule has 91 valence electrons. The van der Waals surface area contributed by atoms with E-state index in [4.69, 9.17) is 9.05 Å². The number of hydrogen-bond acceptors (Lipinski definition) is 4. The van der Waals surface area contributed by atoms with Crippen LogP contribution in [0.1, 0.15) is 5.56 Å². The Labute approximate surface area is 120 Å². The second-order valence-corrected chi connectivity index (χ2v) is 9.58. The molecular weight excluding hydrogens is 269 g/mol. The van der Waals surface area contributed by atoms with Gasteiger partial charge in [0.25, 0.3) is 0 Å². The number of nitriles is 1. The maximum Gasteiger partial charge on any atom is 0.494 e. The van der Waals surface area contributed by atoms with Gasteiger partial charge in [-0.2, -0.15) is 5.26 Å². The smallest absolute Gasteiger partial charge is 0.494 e. The van der Waals surface area contributed by atoms with Crippen molar-refractivity contribution in [1.29, 1.82) is 5.26 Å². The Morgan fingerprint density at radius 2 is 2.16 bits per heavy atom. The average Bonchev–Trinajstić information content (AvgIpc) is 2.67. The van der Waals surface area contributed by atoms with Crippen molar-refractivity contribution in [3.8, 4) is 23.1 Å². The molecule has 1 aliphatic rings. The zero-order valence-corrected chi connectivity index (χ0v) is 13.2. The summed E-state index contributed by atoms with van der Waals surface area (Å²) in [5.41, 5.74) is 2.54. The van der Waals surface area contributed by atoms with Crippen molar-refractivity contribution >= 4 is 35.2 Å². The molecule has 0 aliphatic carbocycles. The van der Waals surface area contributed by atoms with E-state index in [1.54, 1.807) is 12.4 Å². The van der Waals surface area contributed by atoms with E-state index in [2.05, 4.69) is 29.1 Å². The highest BCUT2D eigenvalue weighted by Crippen LogP contribution is 2.32. The van der Waals surface area contributed by atoms with Gasteiger partial charge in [0, 0.05) is 17.7 Å². The topological polar surface area (TPSA) is 58.8 Å². The molecule has 6 heteroatoms. The molecule has 0 saturated carbocycles. The van der Waals surface area contributed by atoms with Crippen LogP contribution >= 0.6 is 0 Å². The van der Waals surface area contributed by atoms with Gasteiger partial charge in [-0.25, -0.2) is 0 Å². The molecule has 4 nitrogen and oxygen atoms in total. The highest BCUT2D eigenvalue weighted by Gasteiger charge is 2.41. The molecule has 2 aromatic rings. The van der Waals surface area contributed by atoms with Gasteiger partial charge >= 0.3 is 16.6 Å². The molecule has 1 aliphatic heterocycles. The molecule has 0 unspecified atom stereocenters. The van der Waals surface area contributed by atoms with Crippen LogP contribution < -0.4 is 14.3 Å². The van der Waals surface area contributed by atoms with Crippen LogP contribution in [-0.4, -0.2) is 34.7 Å². The maximum atomic E-state index is 9.04. The predicted molar refractivity (Wildman–Crippen MR) is 76.7 cm³/mol. The minimum atomic E-state index is -1.88. The zero-order valence-electron chi connectivity index (χ0n) is 10.8. The monoisotopic (exact) mass is 280 g/mol. The van der Waals surface area contributed by atoms with E-state index in [0.29, 0.717) is 5.56 Å². The molecule has 0 aromatic carbocycles. The second-order valence-electron chi connectivity index (χ2n) is 5.03. The van der Waals surface area contributed by atoms with Gasteiger partial charge in [-0.3, -0.25) is 9.97 Å². The second kappa shape index (κ2) is 4.18. The highest BCUT2D eigenvalue weighted by molar-refractivity contribution is 7.03. The van der Waals surface area contributed by atoms with E-state index in [1.165, 1.54) is 21.8 Å². The third kappa shape index (κ3) is 1.63. The van der Waals surface area contributed by atoms with Crippen LogP contribution in [0.15, 0.2) is 24.5 Å². The first kappa shape index (κ1) is 12.4. The first-order chi connectivity index (χ1) is 9.09. The van der Waals surface area contributed by atoms with Gasteiger partial charge in [-0.15, -0.1) is 0 Å². The summed E-state index contributed by atoms with van der Waals surface area (Å²) in [6, 6.07) is 5.98. The number of aromatic nitrogens is 2. The Kier molecular flexibility index (Phi) is 2.72. The lowest BCUT2D eigenvalue weighted by atomic mass is 10.1. The summed E-state index contributed by atoms with van der Waals surface area (Å²) >= 11 is 1.45. The van der Waals surface area contributed by atoms with E-state index < -0.39 is 8.07 Å². The molecule has 3 heterocycles. The van der Waals surface area contributed by atoms with Gasteiger partial charge in [0.2, 0.25) is 0 Å². The number of pyridine rings is 2. The molecule has 0 bridgehead atoms. The van der Waals surface area contributed by atoms with Gasteiger partial charge in [0.1, 0.15) is 14.1 Å². The Hall–Kier alpha value is -1.66. The van der Waals surface area contributed by atoms with E-state index in [-0.39, 0.29) is 0 Å². The van der Waals surface area contributed by atoms with Crippen LogP contribution in [0.5, 0.6) is 5.75 Å². The quantitative estimate of drug-likeness (QED) is 0.707. The first-order valence-corrected chi connectivity index (χ1v) is 9.50. The summed E-state index contributed by atoms with van der Waals surface area (Å²) in [6.45, 7) is 4.46. The van der Waals surface area contributed by atoms with Crippen LogP contribution in [0, 0.1) is 11.3 Å². The van der Waals surface area contributed by atoms with Crippen molar-refractivity contribution in [2.45, 2.75) is 13.1 Å². The largest absolute Gasteiger partial charge is 0.650 e. The van der Waals surface area contributed by atoms with Crippen molar-refractivity contribution in [3.63, 3.8) is 0 Å². The van der Waals surface area contributed by atoms with Gasteiger partial charge in [-0.1, -0.05) is 13.1 Å². The number of nitrogens with zero attached hydrogens (tertiary/aromatic N) is 3. The van der Waals surface area contributed by atoms with Crippen LogP contribution in [0.25, 0.3) is 11.3 Å². The van der Waals surface area contributed by atoms with Crippen LogP contribution in [0.4, 0.5) is 0 Å². The molecule has 0 saturated heterocycles. The van der Waals surface area contributed by atoms with Crippen molar-refractivity contribution in [3.05, 3.63) is 30.1 Å². The van der Waals surface area contributed by atoms with Gasteiger partial charge in [-0.05, 0) is 17.3 Å². The van der Waals surface area contributed by atoms with E-state index in [1.807, 2.05) is 12.1 Å². The molecule has 3 rings (SSSR count). The normalized spacial score (nSPS) is 14.4. The standard InChI is InChI=1S/C13H11N3OSi.Al.H/c1-18(2)10-5-8(6-14)7-16-12(10)11-9(17)3-4-15-13(11)18;;/h3-5,7H,1-2H3,(H,15,17);;/q;+1;/p-1. The summed E-state index contributed by atoms with van der Waals surface area (Å²) in [5, 5.41) is 11.3. The van der Waals surface area contributed by atoms with Gasteiger partial charge in [0.05, 0.1) is 22.6 Å². The molecular formula is C13H11AlN3OSi. The van der Waals surface area contributed by atoms with Crippen LogP contribution in [0.2, 0.25) is 13.1 Å².